The number of aryl methyl sites for hydroxylation is 1. The average molecular weight is 484 g/mol. The van der Waals surface area contributed by atoms with E-state index < -0.39 is 12.0 Å². The van der Waals surface area contributed by atoms with Gasteiger partial charge in [-0.15, -0.1) is 15.3 Å². The summed E-state index contributed by atoms with van der Waals surface area (Å²) in [6.45, 7) is 8.65. The molecule has 0 saturated heterocycles. The van der Waals surface area contributed by atoms with Crippen molar-refractivity contribution in [1.29, 1.82) is 0 Å². The Labute approximate surface area is 199 Å². The lowest BCUT2D eigenvalue weighted by molar-refractivity contribution is -0.146. The number of nitrogens with zero attached hydrogens (tertiary/aromatic N) is 9. The third kappa shape index (κ3) is 3.50. The highest BCUT2D eigenvalue weighted by atomic mass is 19.4. The molecule has 182 valence electrons. The minimum Gasteiger partial charge on any atom is -0.350 e. The fourth-order valence-corrected chi connectivity index (χ4v) is 5.02. The van der Waals surface area contributed by atoms with Crippen molar-refractivity contribution in [3.63, 3.8) is 0 Å². The van der Waals surface area contributed by atoms with Crippen LogP contribution in [0.4, 0.5) is 30.5 Å². The minimum absolute atomic E-state index is 0.121. The first-order chi connectivity index (χ1) is 16.7. The SMILES string of the molecule is Cc1c(N2CCc3ncc(N4CC(C)Cn5nccc54)cc3C2)nn2c(C(F)(F)F)nnc2c1C. The Kier molecular flexibility index (Phi) is 4.77. The molecule has 0 bridgehead atoms. The van der Waals surface area contributed by atoms with Crippen LogP contribution in [0.2, 0.25) is 0 Å². The summed E-state index contributed by atoms with van der Waals surface area (Å²) in [5, 5.41) is 15.9. The highest BCUT2D eigenvalue weighted by molar-refractivity contribution is 5.63. The van der Waals surface area contributed by atoms with Crippen molar-refractivity contribution in [2.24, 2.45) is 5.92 Å². The largest absolute Gasteiger partial charge is 0.453 e. The lowest BCUT2D eigenvalue weighted by atomic mass is 10.0. The summed E-state index contributed by atoms with van der Waals surface area (Å²) in [7, 11) is 0. The molecule has 0 amide bonds. The maximum absolute atomic E-state index is 13.5. The topological polar surface area (TPSA) is 80.3 Å². The number of alkyl halides is 3. The normalized spacial score (nSPS) is 18.2. The van der Waals surface area contributed by atoms with Gasteiger partial charge in [-0.25, -0.2) is 4.68 Å². The van der Waals surface area contributed by atoms with E-state index in [4.69, 9.17) is 4.98 Å². The van der Waals surface area contributed by atoms with Crippen LogP contribution in [0.1, 0.15) is 35.1 Å². The predicted octanol–water partition coefficient (Wildman–Crippen LogP) is 3.70. The third-order valence-corrected chi connectivity index (χ3v) is 6.91. The summed E-state index contributed by atoms with van der Waals surface area (Å²) in [5.41, 5.74) is 4.56. The van der Waals surface area contributed by atoms with Gasteiger partial charge in [0.1, 0.15) is 5.82 Å². The van der Waals surface area contributed by atoms with Gasteiger partial charge in [0.15, 0.2) is 11.5 Å². The van der Waals surface area contributed by atoms with Gasteiger partial charge in [0.05, 0.1) is 18.1 Å². The standard InChI is InChI=1S/C23H24F3N9/c1-13-10-33(19-4-6-28-34(19)11-13)17-8-16-12-32(7-5-18(16)27-9-17)21-15(3)14(2)20-29-30-22(23(24,25)26)35(20)31-21/h4,6,8-9,13H,5,7,10-12H2,1-3H3. The molecule has 4 aromatic heterocycles. The number of hydrogen-bond acceptors (Lipinski definition) is 7. The number of rotatable bonds is 2. The van der Waals surface area contributed by atoms with Gasteiger partial charge in [-0.3, -0.25) is 4.98 Å². The monoisotopic (exact) mass is 483 g/mol. The summed E-state index contributed by atoms with van der Waals surface area (Å²) < 4.78 is 43.3. The van der Waals surface area contributed by atoms with Crippen LogP contribution >= 0.6 is 0 Å². The summed E-state index contributed by atoms with van der Waals surface area (Å²) in [5.74, 6) is 0.849. The van der Waals surface area contributed by atoms with Crippen LogP contribution in [0.3, 0.4) is 0 Å². The van der Waals surface area contributed by atoms with E-state index >= 15 is 0 Å². The van der Waals surface area contributed by atoms with E-state index in [9.17, 15) is 13.2 Å². The van der Waals surface area contributed by atoms with Gasteiger partial charge < -0.3 is 9.80 Å². The molecule has 0 aromatic carbocycles. The van der Waals surface area contributed by atoms with Crippen molar-refractivity contribution in [2.45, 2.75) is 46.5 Å². The maximum Gasteiger partial charge on any atom is 0.453 e. The fraction of sp³-hybridized carbons (Fsp3) is 0.435. The molecule has 0 N–H and O–H groups in total. The van der Waals surface area contributed by atoms with Crippen molar-refractivity contribution < 1.29 is 13.2 Å². The summed E-state index contributed by atoms with van der Waals surface area (Å²) >= 11 is 0. The Morgan fingerprint density at radius 2 is 1.91 bits per heavy atom. The molecule has 12 heteroatoms. The summed E-state index contributed by atoms with van der Waals surface area (Å²) in [4.78, 5) is 8.98. The molecule has 6 rings (SSSR count). The maximum atomic E-state index is 13.5. The van der Waals surface area contributed by atoms with E-state index in [0.29, 0.717) is 36.8 Å². The highest BCUT2D eigenvalue weighted by Crippen LogP contribution is 2.35. The Morgan fingerprint density at radius 3 is 2.71 bits per heavy atom. The van der Waals surface area contributed by atoms with Crippen molar-refractivity contribution in [3.8, 4) is 0 Å². The van der Waals surface area contributed by atoms with Crippen molar-refractivity contribution in [1.82, 2.24) is 34.6 Å². The van der Waals surface area contributed by atoms with Crippen LogP contribution in [0.15, 0.2) is 24.5 Å². The molecule has 0 aliphatic carbocycles. The van der Waals surface area contributed by atoms with Gasteiger partial charge in [-0.1, -0.05) is 6.92 Å². The van der Waals surface area contributed by atoms with Gasteiger partial charge >= 0.3 is 6.18 Å². The Balaban J connectivity index is 1.37. The lowest BCUT2D eigenvalue weighted by Crippen LogP contribution is -2.35. The number of hydrogen-bond donors (Lipinski definition) is 0. The second-order valence-corrected chi connectivity index (χ2v) is 9.39. The van der Waals surface area contributed by atoms with Crippen LogP contribution in [0, 0.1) is 19.8 Å². The van der Waals surface area contributed by atoms with E-state index in [1.54, 1.807) is 13.1 Å². The van der Waals surface area contributed by atoms with Gasteiger partial charge in [-0.2, -0.15) is 22.8 Å². The molecule has 1 atom stereocenters. The van der Waals surface area contributed by atoms with E-state index in [1.807, 2.05) is 28.8 Å². The number of fused-ring (bicyclic) bond motifs is 3. The Hall–Kier alpha value is -3.70. The molecular weight excluding hydrogens is 459 g/mol. The van der Waals surface area contributed by atoms with Gasteiger partial charge in [-0.05, 0) is 31.4 Å². The average Bonchev–Trinajstić information content (AvgIpc) is 3.47. The smallest absolute Gasteiger partial charge is 0.350 e. The zero-order valence-corrected chi connectivity index (χ0v) is 19.6. The van der Waals surface area contributed by atoms with Gasteiger partial charge in [0.2, 0.25) is 0 Å². The number of halogens is 3. The molecule has 0 fully saturated rings. The highest BCUT2D eigenvalue weighted by Gasteiger charge is 2.38. The number of anilines is 3. The van der Waals surface area contributed by atoms with Crippen LogP contribution < -0.4 is 9.80 Å². The lowest BCUT2D eigenvalue weighted by Gasteiger charge is -2.35. The second kappa shape index (κ2) is 7.65. The van der Waals surface area contributed by atoms with E-state index in [0.717, 1.165) is 45.9 Å². The van der Waals surface area contributed by atoms with Gasteiger partial charge in [0, 0.05) is 55.5 Å². The molecular formula is C23H24F3N9. The molecule has 1 unspecified atom stereocenters. The first-order valence-corrected chi connectivity index (χ1v) is 11.5. The predicted molar refractivity (Wildman–Crippen MR) is 123 cm³/mol. The second-order valence-electron chi connectivity index (χ2n) is 9.39. The molecule has 9 nitrogen and oxygen atoms in total. The molecule has 2 aliphatic rings. The van der Waals surface area contributed by atoms with Gasteiger partial charge in [0.25, 0.3) is 5.82 Å². The molecule has 2 aliphatic heterocycles. The molecule has 6 heterocycles. The number of pyridine rings is 1. The molecule has 0 spiro atoms. The summed E-state index contributed by atoms with van der Waals surface area (Å²) in [6, 6.07) is 4.13. The van der Waals surface area contributed by atoms with Crippen LogP contribution in [-0.2, 0) is 25.7 Å². The minimum atomic E-state index is -4.64. The van der Waals surface area contributed by atoms with Crippen LogP contribution in [0.25, 0.3) is 5.65 Å². The Morgan fingerprint density at radius 1 is 1.09 bits per heavy atom. The van der Waals surface area contributed by atoms with Crippen molar-refractivity contribution in [3.05, 3.63) is 52.7 Å². The molecule has 0 saturated carbocycles. The molecule has 0 radical (unpaired) electrons. The number of aromatic nitrogens is 7. The third-order valence-electron chi connectivity index (χ3n) is 6.91. The van der Waals surface area contributed by atoms with Crippen molar-refractivity contribution in [2.75, 3.05) is 22.9 Å². The first kappa shape index (κ1) is 21.8. The van der Waals surface area contributed by atoms with Crippen LogP contribution in [-0.4, -0.2) is 47.7 Å². The van der Waals surface area contributed by atoms with E-state index in [-0.39, 0.29) is 5.65 Å². The summed E-state index contributed by atoms with van der Waals surface area (Å²) in [6.07, 6.45) is -0.259. The molecule has 35 heavy (non-hydrogen) atoms. The van der Waals surface area contributed by atoms with Crippen molar-refractivity contribution >= 4 is 23.0 Å². The zero-order chi connectivity index (χ0) is 24.5. The first-order valence-electron chi connectivity index (χ1n) is 11.5. The molecule has 4 aromatic rings. The van der Waals surface area contributed by atoms with Crippen LogP contribution in [0.5, 0.6) is 0 Å². The van der Waals surface area contributed by atoms with E-state index in [1.165, 1.54) is 0 Å². The fourth-order valence-electron chi connectivity index (χ4n) is 5.02. The zero-order valence-electron chi connectivity index (χ0n) is 19.6. The quantitative estimate of drug-likeness (QED) is 0.430. The Bertz CT molecular complexity index is 1440. The van der Waals surface area contributed by atoms with E-state index in [2.05, 4.69) is 38.3 Å².